The fourth-order valence-electron chi connectivity index (χ4n) is 2.23. The lowest BCUT2D eigenvalue weighted by Crippen LogP contribution is -2.06. The summed E-state index contributed by atoms with van der Waals surface area (Å²) in [6.45, 7) is 2.09. The maximum Gasteiger partial charge on any atom is 0.163 e. The van der Waals surface area contributed by atoms with Gasteiger partial charge in [0.25, 0.3) is 0 Å². The second-order valence-electron chi connectivity index (χ2n) is 4.30. The topological polar surface area (TPSA) is 30.2 Å². The molecule has 0 amide bonds. The molecule has 0 aliphatic carbocycles. The van der Waals surface area contributed by atoms with Crippen molar-refractivity contribution >= 4 is 17.4 Å². The second-order valence-corrected chi connectivity index (χ2v) is 5.61. The van der Waals surface area contributed by atoms with Gasteiger partial charge in [-0.3, -0.25) is 4.40 Å². The number of fused-ring (bicyclic) bond motifs is 1. The Morgan fingerprint density at radius 2 is 2.31 bits per heavy atom. The van der Waals surface area contributed by atoms with Crippen molar-refractivity contribution in [1.82, 2.24) is 14.6 Å². The number of rotatable bonds is 1. The minimum atomic E-state index is 0.533. The molecule has 0 spiro atoms. The quantitative estimate of drug-likeness (QED) is 0.758. The van der Waals surface area contributed by atoms with Crippen molar-refractivity contribution in [2.24, 2.45) is 0 Å². The molecular weight excluding hydrogens is 218 g/mol. The minimum absolute atomic E-state index is 0.533. The summed E-state index contributed by atoms with van der Waals surface area (Å²) >= 11 is 2.02. The number of hydrogen-bond acceptors (Lipinski definition) is 3. The summed E-state index contributed by atoms with van der Waals surface area (Å²) in [6, 6.07) is 4.16. The Labute approximate surface area is 99.3 Å². The number of hydrogen-bond donors (Lipinski definition) is 0. The molecule has 1 aliphatic rings. The Balaban J connectivity index is 2.06. The van der Waals surface area contributed by atoms with Gasteiger partial charge < -0.3 is 0 Å². The van der Waals surface area contributed by atoms with Crippen molar-refractivity contribution in [1.29, 1.82) is 0 Å². The Hall–Kier alpha value is -1.03. The lowest BCUT2D eigenvalue weighted by molar-refractivity contribution is 0.657. The highest BCUT2D eigenvalue weighted by Gasteiger charge is 2.21. The summed E-state index contributed by atoms with van der Waals surface area (Å²) in [4.78, 5) is 0. The molecule has 1 unspecified atom stereocenters. The summed E-state index contributed by atoms with van der Waals surface area (Å²) in [6.07, 6.45) is 5.97. The second kappa shape index (κ2) is 4.09. The maximum absolute atomic E-state index is 4.37. The lowest BCUT2D eigenvalue weighted by Gasteiger charge is -2.19. The van der Waals surface area contributed by atoms with Gasteiger partial charge in [0.15, 0.2) is 11.5 Å². The van der Waals surface area contributed by atoms with E-state index < -0.39 is 0 Å². The molecule has 0 aromatic carbocycles. The van der Waals surface area contributed by atoms with E-state index in [4.69, 9.17) is 0 Å². The molecular formula is C12H15N3S. The van der Waals surface area contributed by atoms with Crippen LogP contribution in [0.2, 0.25) is 0 Å². The third-order valence-electron chi connectivity index (χ3n) is 3.12. The zero-order chi connectivity index (χ0) is 11.0. The zero-order valence-electron chi connectivity index (χ0n) is 9.39. The van der Waals surface area contributed by atoms with E-state index in [1.807, 2.05) is 11.8 Å². The summed E-state index contributed by atoms with van der Waals surface area (Å²) < 4.78 is 2.15. The molecule has 0 radical (unpaired) electrons. The van der Waals surface area contributed by atoms with Crippen molar-refractivity contribution < 1.29 is 0 Å². The van der Waals surface area contributed by atoms with E-state index in [0.29, 0.717) is 5.25 Å². The molecule has 3 rings (SSSR count). The first kappa shape index (κ1) is 10.1. The number of thioether (sulfide) groups is 1. The first-order chi connectivity index (χ1) is 7.86. The van der Waals surface area contributed by atoms with Gasteiger partial charge in [-0.1, -0.05) is 12.5 Å². The van der Waals surface area contributed by atoms with E-state index in [0.717, 1.165) is 11.5 Å². The van der Waals surface area contributed by atoms with E-state index in [1.165, 1.54) is 30.6 Å². The van der Waals surface area contributed by atoms with Crippen LogP contribution in [0.1, 0.15) is 35.9 Å². The molecule has 1 aliphatic heterocycles. The van der Waals surface area contributed by atoms with Gasteiger partial charge in [0.2, 0.25) is 0 Å². The minimum Gasteiger partial charge on any atom is -0.285 e. The normalized spacial score (nSPS) is 21.4. The molecule has 84 valence electrons. The van der Waals surface area contributed by atoms with Crippen molar-refractivity contribution in [3.63, 3.8) is 0 Å². The molecule has 0 N–H and O–H groups in total. The van der Waals surface area contributed by atoms with E-state index in [-0.39, 0.29) is 0 Å². The molecule has 4 heteroatoms. The summed E-state index contributed by atoms with van der Waals surface area (Å²) in [5.74, 6) is 2.38. The molecule has 1 atom stereocenters. The van der Waals surface area contributed by atoms with Gasteiger partial charge in [0.1, 0.15) is 0 Å². The first-order valence-corrected chi connectivity index (χ1v) is 6.83. The van der Waals surface area contributed by atoms with Gasteiger partial charge in [0, 0.05) is 6.20 Å². The van der Waals surface area contributed by atoms with Crippen LogP contribution < -0.4 is 0 Å². The Kier molecular flexibility index (Phi) is 2.59. The third-order valence-corrected chi connectivity index (χ3v) is 4.50. The fraction of sp³-hybridized carbons (Fsp3) is 0.500. The molecule has 2 aromatic heterocycles. The molecule has 0 bridgehead atoms. The molecule has 2 aromatic rings. The van der Waals surface area contributed by atoms with E-state index >= 15 is 0 Å². The number of aryl methyl sites for hydroxylation is 1. The third kappa shape index (κ3) is 1.61. The zero-order valence-corrected chi connectivity index (χ0v) is 10.2. The van der Waals surface area contributed by atoms with Crippen LogP contribution in [0.3, 0.4) is 0 Å². The first-order valence-electron chi connectivity index (χ1n) is 5.78. The number of pyridine rings is 1. The van der Waals surface area contributed by atoms with Gasteiger partial charge in [-0.15, -0.1) is 10.2 Å². The van der Waals surface area contributed by atoms with E-state index in [1.54, 1.807) is 0 Å². The van der Waals surface area contributed by atoms with E-state index in [9.17, 15) is 0 Å². The van der Waals surface area contributed by atoms with Crippen molar-refractivity contribution in [2.45, 2.75) is 31.4 Å². The molecule has 3 heterocycles. The largest absolute Gasteiger partial charge is 0.285 e. The highest BCUT2D eigenvalue weighted by atomic mass is 32.2. The smallest absolute Gasteiger partial charge is 0.163 e. The number of nitrogens with zero attached hydrogens (tertiary/aromatic N) is 3. The standard InChI is InChI=1S/C12H15N3S/c1-9-5-4-7-15-11(9)13-14-12(15)10-6-2-3-8-16-10/h4-5,7,10H,2-3,6,8H2,1H3. The lowest BCUT2D eigenvalue weighted by atomic mass is 10.2. The van der Waals surface area contributed by atoms with Crippen LogP contribution in [-0.2, 0) is 0 Å². The van der Waals surface area contributed by atoms with Gasteiger partial charge in [0.05, 0.1) is 5.25 Å². The SMILES string of the molecule is Cc1cccn2c(C3CCCCS3)nnc12. The molecule has 1 saturated heterocycles. The Morgan fingerprint density at radius 1 is 1.38 bits per heavy atom. The van der Waals surface area contributed by atoms with Crippen molar-refractivity contribution in [3.05, 3.63) is 29.7 Å². The Bertz CT molecular complexity index is 500. The summed E-state index contributed by atoms with van der Waals surface area (Å²) in [7, 11) is 0. The van der Waals surface area contributed by atoms with Crippen molar-refractivity contribution in [2.75, 3.05) is 5.75 Å². The van der Waals surface area contributed by atoms with Crippen LogP contribution in [0.5, 0.6) is 0 Å². The van der Waals surface area contributed by atoms with Gasteiger partial charge in [-0.2, -0.15) is 11.8 Å². The highest BCUT2D eigenvalue weighted by Crippen LogP contribution is 2.37. The monoisotopic (exact) mass is 233 g/mol. The van der Waals surface area contributed by atoms with Crippen LogP contribution >= 0.6 is 11.8 Å². The number of aromatic nitrogens is 3. The summed E-state index contributed by atoms with van der Waals surface area (Å²) in [5.41, 5.74) is 2.20. The van der Waals surface area contributed by atoms with E-state index in [2.05, 4.69) is 39.9 Å². The molecule has 0 saturated carbocycles. The highest BCUT2D eigenvalue weighted by molar-refractivity contribution is 7.99. The van der Waals surface area contributed by atoms with Crippen LogP contribution in [0.4, 0.5) is 0 Å². The Morgan fingerprint density at radius 3 is 3.12 bits per heavy atom. The van der Waals surface area contributed by atoms with Crippen LogP contribution in [-0.4, -0.2) is 20.4 Å². The van der Waals surface area contributed by atoms with Crippen LogP contribution in [0.25, 0.3) is 5.65 Å². The average Bonchev–Trinajstić information content (AvgIpc) is 2.75. The molecule has 1 fully saturated rings. The van der Waals surface area contributed by atoms with Gasteiger partial charge >= 0.3 is 0 Å². The van der Waals surface area contributed by atoms with Crippen LogP contribution in [0.15, 0.2) is 18.3 Å². The fourth-order valence-corrected chi connectivity index (χ4v) is 3.53. The predicted molar refractivity (Wildman–Crippen MR) is 66.8 cm³/mol. The van der Waals surface area contributed by atoms with Crippen molar-refractivity contribution in [3.8, 4) is 0 Å². The molecule has 16 heavy (non-hydrogen) atoms. The van der Waals surface area contributed by atoms with Gasteiger partial charge in [-0.05, 0) is 37.1 Å². The van der Waals surface area contributed by atoms with Gasteiger partial charge in [-0.25, -0.2) is 0 Å². The molecule has 3 nitrogen and oxygen atoms in total. The summed E-state index contributed by atoms with van der Waals surface area (Å²) in [5, 5.41) is 9.20. The predicted octanol–water partition coefficient (Wildman–Crippen LogP) is 3.00. The van der Waals surface area contributed by atoms with Crippen LogP contribution in [0, 0.1) is 6.92 Å². The maximum atomic E-state index is 4.37. The average molecular weight is 233 g/mol.